The van der Waals surface area contributed by atoms with Gasteiger partial charge in [0.1, 0.15) is 5.82 Å². The molecule has 0 atom stereocenters. The van der Waals surface area contributed by atoms with Crippen LogP contribution in [0.25, 0.3) is 0 Å². The van der Waals surface area contributed by atoms with E-state index >= 15 is 0 Å². The molecule has 1 fully saturated rings. The number of hydrogen-bond donors (Lipinski definition) is 1. The Labute approximate surface area is 161 Å². The van der Waals surface area contributed by atoms with Gasteiger partial charge >= 0.3 is 6.09 Å². The van der Waals surface area contributed by atoms with E-state index in [0.717, 1.165) is 5.82 Å². The molecule has 1 aromatic heterocycles. The number of nitrogens with one attached hydrogen (secondary N) is 1. The van der Waals surface area contributed by atoms with Crippen molar-refractivity contribution < 1.29 is 9.53 Å². The SMILES string of the molecule is CCOC(=O)N1CCN(c2ccnc(Nc3cc(Cl)ccc3Cl)n2)CC1. The first-order chi connectivity index (χ1) is 12.6. The highest BCUT2D eigenvalue weighted by Crippen LogP contribution is 2.27. The Morgan fingerprint density at radius 3 is 2.73 bits per heavy atom. The molecule has 1 aliphatic heterocycles. The molecule has 2 aromatic rings. The Morgan fingerprint density at radius 1 is 1.23 bits per heavy atom. The number of piperazine rings is 1. The largest absolute Gasteiger partial charge is 0.450 e. The molecule has 1 aromatic carbocycles. The van der Waals surface area contributed by atoms with Crippen LogP contribution in [-0.2, 0) is 4.74 Å². The van der Waals surface area contributed by atoms with Gasteiger partial charge in [-0.2, -0.15) is 4.98 Å². The van der Waals surface area contributed by atoms with Crippen LogP contribution in [-0.4, -0.2) is 53.7 Å². The highest BCUT2D eigenvalue weighted by molar-refractivity contribution is 6.35. The number of anilines is 3. The lowest BCUT2D eigenvalue weighted by molar-refractivity contribution is 0.105. The lowest BCUT2D eigenvalue weighted by Crippen LogP contribution is -2.49. The summed E-state index contributed by atoms with van der Waals surface area (Å²) >= 11 is 12.2. The van der Waals surface area contributed by atoms with E-state index in [9.17, 15) is 4.79 Å². The van der Waals surface area contributed by atoms with Crippen molar-refractivity contribution >= 4 is 46.7 Å². The summed E-state index contributed by atoms with van der Waals surface area (Å²) < 4.78 is 5.04. The molecule has 26 heavy (non-hydrogen) atoms. The molecule has 1 N–H and O–H groups in total. The van der Waals surface area contributed by atoms with Crippen molar-refractivity contribution in [1.29, 1.82) is 0 Å². The predicted molar refractivity (Wildman–Crippen MR) is 103 cm³/mol. The highest BCUT2D eigenvalue weighted by Gasteiger charge is 2.22. The van der Waals surface area contributed by atoms with E-state index in [1.807, 2.05) is 6.07 Å². The van der Waals surface area contributed by atoms with Crippen LogP contribution < -0.4 is 10.2 Å². The van der Waals surface area contributed by atoms with Gasteiger partial charge in [0.25, 0.3) is 0 Å². The van der Waals surface area contributed by atoms with Crippen molar-refractivity contribution in [3.8, 4) is 0 Å². The Hall–Kier alpha value is -2.25. The fraction of sp³-hybridized carbons (Fsp3) is 0.353. The van der Waals surface area contributed by atoms with E-state index < -0.39 is 0 Å². The third-order valence-corrected chi connectivity index (χ3v) is 4.51. The number of carbonyl (C=O) groups is 1. The summed E-state index contributed by atoms with van der Waals surface area (Å²) in [5.74, 6) is 1.21. The summed E-state index contributed by atoms with van der Waals surface area (Å²) in [7, 11) is 0. The predicted octanol–water partition coefficient (Wildman–Crippen LogP) is 3.81. The van der Waals surface area contributed by atoms with Crippen LogP contribution in [0.2, 0.25) is 10.0 Å². The standard InChI is InChI=1S/C17H19Cl2N5O2/c1-2-26-17(25)24-9-7-23(8-10-24)15-5-6-20-16(22-15)21-14-11-12(18)3-4-13(14)19/h3-6,11H,2,7-10H2,1H3,(H,20,21,22). The van der Waals surface area contributed by atoms with Gasteiger partial charge in [0.2, 0.25) is 5.95 Å². The molecule has 3 rings (SSSR count). The summed E-state index contributed by atoms with van der Waals surface area (Å²) in [5, 5.41) is 4.19. The van der Waals surface area contributed by atoms with Gasteiger partial charge in [0.05, 0.1) is 17.3 Å². The van der Waals surface area contributed by atoms with E-state index in [-0.39, 0.29) is 6.09 Å². The van der Waals surface area contributed by atoms with Gasteiger partial charge in [0, 0.05) is 37.4 Å². The lowest BCUT2D eigenvalue weighted by atomic mass is 10.3. The fourth-order valence-electron chi connectivity index (χ4n) is 2.63. The Morgan fingerprint density at radius 2 is 2.00 bits per heavy atom. The van der Waals surface area contributed by atoms with E-state index in [4.69, 9.17) is 27.9 Å². The van der Waals surface area contributed by atoms with Crippen LogP contribution in [0.4, 0.5) is 22.2 Å². The summed E-state index contributed by atoms with van der Waals surface area (Å²) in [6.07, 6.45) is 1.41. The lowest BCUT2D eigenvalue weighted by Gasteiger charge is -2.34. The molecule has 0 unspecified atom stereocenters. The average molecular weight is 396 g/mol. The molecule has 7 nitrogen and oxygen atoms in total. The maximum absolute atomic E-state index is 11.8. The third kappa shape index (κ3) is 4.47. The van der Waals surface area contributed by atoms with Gasteiger partial charge in [0.15, 0.2) is 0 Å². The zero-order valence-electron chi connectivity index (χ0n) is 14.3. The molecule has 2 heterocycles. The highest BCUT2D eigenvalue weighted by atomic mass is 35.5. The van der Waals surface area contributed by atoms with E-state index in [1.165, 1.54) is 0 Å². The van der Waals surface area contributed by atoms with Crippen LogP contribution in [0.3, 0.4) is 0 Å². The Kier molecular flexibility index (Phi) is 6.00. The van der Waals surface area contributed by atoms with Crippen LogP contribution in [0.1, 0.15) is 6.92 Å². The van der Waals surface area contributed by atoms with Crippen LogP contribution in [0, 0.1) is 0 Å². The normalized spacial score (nSPS) is 14.3. The first kappa shape index (κ1) is 18.5. The van der Waals surface area contributed by atoms with Crippen molar-refractivity contribution in [2.24, 2.45) is 0 Å². The second-order valence-electron chi connectivity index (χ2n) is 5.66. The molecule has 1 aliphatic rings. The number of amides is 1. The number of hydrogen-bond acceptors (Lipinski definition) is 6. The van der Waals surface area contributed by atoms with E-state index in [1.54, 1.807) is 36.2 Å². The number of halogens is 2. The van der Waals surface area contributed by atoms with E-state index in [0.29, 0.717) is 54.5 Å². The zero-order chi connectivity index (χ0) is 18.5. The molecule has 1 saturated heterocycles. The van der Waals surface area contributed by atoms with Gasteiger partial charge < -0.3 is 19.9 Å². The fourth-order valence-corrected chi connectivity index (χ4v) is 2.97. The van der Waals surface area contributed by atoms with Gasteiger partial charge in [-0.1, -0.05) is 23.2 Å². The second-order valence-corrected chi connectivity index (χ2v) is 6.50. The summed E-state index contributed by atoms with van der Waals surface area (Å²) in [5.41, 5.74) is 0.642. The van der Waals surface area contributed by atoms with Crippen molar-refractivity contribution in [3.63, 3.8) is 0 Å². The zero-order valence-corrected chi connectivity index (χ0v) is 15.8. The first-order valence-corrected chi connectivity index (χ1v) is 9.04. The molecule has 1 amide bonds. The number of nitrogens with zero attached hydrogens (tertiary/aromatic N) is 4. The molecule has 0 bridgehead atoms. The molecule has 138 valence electrons. The van der Waals surface area contributed by atoms with Gasteiger partial charge in [-0.25, -0.2) is 9.78 Å². The topological polar surface area (TPSA) is 70.6 Å². The minimum atomic E-state index is -0.271. The maximum atomic E-state index is 11.8. The molecule has 0 radical (unpaired) electrons. The average Bonchev–Trinajstić information content (AvgIpc) is 2.65. The van der Waals surface area contributed by atoms with Gasteiger partial charge in [-0.05, 0) is 31.2 Å². The number of ether oxygens (including phenoxy) is 1. The van der Waals surface area contributed by atoms with Crippen molar-refractivity contribution in [3.05, 3.63) is 40.5 Å². The molecular formula is C17H19Cl2N5O2. The van der Waals surface area contributed by atoms with Crippen molar-refractivity contribution in [2.75, 3.05) is 43.0 Å². The second kappa shape index (κ2) is 8.42. The number of benzene rings is 1. The minimum absolute atomic E-state index is 0.271. The molecule has 9 heteroatoms. The van der Waals surface area contributed by atoms with Gasteiger partial charge in [-0.3, -0.25) is 0 Å². The Balaban J connectivity index is 1.66. The minimum Gasteiger partial charge on any atom is -0.450 e. The molecular weight excluding hydrogens is 377 g/mol. The quantitative estimate of drug-likeness (QED) is 0.848. The molecule has 0 saturated carbocycles. The number of rotatable bonds is 4. The summed E-state index contributed by atoms with van der Waals surface area (Å²) in [6.45, 7) is 4.71. The van der Waals surface area contributed by atoms with E-state index in [2.05, 4.69) is 20.2 Å². The molecule has 0 spiro atoms. The van der Waals surface area contributed by atoms with Crippen LogP contribution in [0.15, 0.2) is 30.5 Å². The Bertz CT molecular complexity index is 781. The summed E-state index contributed by atoms with van der Waals surface area (Å²) in [4.78, 5) is 24.4. The van der Waals surface area contributed by atoms with Crippen molar-refractivity contribution in [2.45, 2.75) is 6.92 Å². The smallest absolute Gasteiger partial charge is 0.409 e. The number of aromatic nitrogens is 2. The monoisotopic (exact) mass is 395 g/mol. The summed E-state index contributed by atoms with van der Waals surface area (Å²) in [6, 6.07) is 6.99. The molecule has 0 aliphatic carbocycles. The van der Waals surface area contributed by atoms with Crippen LogP contribution >= 0.6 is 23.2 Å². The first-order valence-electron chi connectivity index (χ1n) is 8.28. The van der Waals surface area contributed by atoms with Crippen LogP contribution in [0.5, 0.6) is 0 Å². The van der Waals surface area contributed by atoms with Crippen molar-refractivity contribution in [1.82, 2.24) is 14.9 Å². The maximum Gasteiger partial charge on any atom is 0.409 e. The number of carbonyl (C=O) groups excluding carboxylic acids is 1. The third-order valence-electron chi connectivity index (χ3n) is 3.95. The van der Waals surface area contributed by atoms with Gasteiger partial charge in [-0.15, -0.1) is 0 Å².